The monoisotopic (exact) mass is 574 g/mol. The summed E-state index contributed by atoms with van der Waals surface area (Å²) in [5.41, 5.74) is 1.32. The van der Waals surface area contributed by atoms with E-state index in [1.54, 1.807) is 13.4 Å². The summed E-state index contributed by atoms with van der Waals surface area (Å²) in [5.74, 6) is -0.0687. The zero-order chi connectivity index (χ0) is 27.8. The van der Waals surface area contributed by atoms with Gasteiger partial charge in [-0.2, -0.15) is 5.10 Å². The molecule has 0 unspecified atom stereocenters. The van der Waals surface area contributed by atoms with Crippen LogP contribution in [0.3, 0.4) is 0 Å². The highest BCUT2D eigenvalue weighted by atomic mass is 32.1. The van der Waals surface area contributed by atoms with Crippen LogP contribution in [0.15, 0.2) is 12.4 Å². The molecule has 0 bridgehead atoms. The number of thiophene rings is 1. The Morgan fingerprint density at radius 2 is 2.05 bits per heavy atom. The predicted molar refractivity (Wildman–Crippen MR) is 141 cm³/mol. The molecule has 3 aromatic heterocycles. The van der Waals surface area contributed by atoms with Gasteiger partial charge in [-0.1, -0.05) is 0 Å². The van der Waals surface area contributed by atoms with Crippen molar-refractivity contribution in [1.29, 1.82) is 0 Å². The van der Waals surface area contributed by atoms with E-state index < -0.39 is 12.6 Å². The number of nitrogens with zero attached hydrogens (tertiary/aromatic N) is 5. The average molecular weight is 575 g/mol. The topological polar surface area (TPSA) is 119 Å². The van der Waals surface area contributed by atoms with Gasteiger partial charge in [-0.15, -0.1) is 21.5 Å². The third-order valence-corrected chi connectivity index (χ3v) is 10.1. The lowest BCUT2D eigenvalue weighted by molar-refractivity contribution is -0.124. The number of anilines is 3. The Labute approximate surface area is 231 Å². The number of fused-ring (bicyclic) bond motifs is 1. The predicted octanol–water partition coefficient (Wildman–Crippen LogP) is 4.45. The van der Waals surface area contributed by atoms with E-state index in [2.05, 4.69) is 31.2 Å². The summed E-state index contributed by atoms with van der Waals surface area (Å²) < 4.78 is 42.9. The van der Waals surface area contributed by atoms with Crippen LogP contribution in [0.25, 0.3) is 0 Å². The first kappa shape index (κ1) is 25.5. The highest BCUT2D eigenvalue weighted by Crippen LogP contribution is 2.66. The van der Waals surface area contributed by atoms with Gasteiger partial charge in [-0.05, 0) is 62.3 Å². The van der Waals surface area contributed by atoms with Crippen LogP contribution in [0.4, 0.5) is 29.9 Å². The van der Waals surface area contributed by atoms with E-state index in [0.29, 0.717) is 35.2 Å². The van der Waals surface area contributed by atoms with E-state index in [1.165, 1.54) is 22.1 Å². The quantitative estimate of drug-likeness (QED) is 0.366. The Kier molecular flexibility index (Phi) is 5.95. The summed E-state index contributed by atoms with van der Waals surface area (Å²) in [6.45, 7) is 0. The third kappa shape index (κ3) is 4.45. The van der Waals surface area contributed by atoms with Crippen LogP contribution in [0.2, 0.25) is 0 Å². The zero-order valence-corrected chi connectivity index (χ0v) is 22.6. The second kappa shape index (κ2) is 9.32. The van der Waals surface area contributed by atoms with Gasteiger partial charge < -0.3 is 16.0 Å². The van der Waals surface area contributed by atoms with Crippen molar-refractivity contribution < 1.29 is 22.8 Å². The molecule has 14 heteroatoms. The van der Waals surface area contributed by atoms with Gasteiger partial charge in [0.25, 0.3) is 12.3 Å². The van der Waals surface area contributed by atoms with Gasteiger partial charge in [0.1, 0.15) is 29.0 Å². The molecule has 0 aliphatic heterocycles. The van der Waals surface area contributed by atoms with Crippen LogP contribution >= 0.6 is 11.3 Å². The van der Waals surface area contributed by atoms with E-state index in [4.69, 9.17) is 0 Å². The Bertz CT molecular complexity index is 1490. The van der Waals surface area contributed by atoms with Crippen molar-refractivity contribution in [3.8, 4) is 0 Å². The molecule has 1 spiro atoms. The van der Waals surface area contributed by atoms with Crippen LogP contribution in [-0.2, 0) is 24.7 Å². The Morgan fingerprint density at radius 1 is 1.25 bits per heavy atom. The normalized spacial score (nSPS) is 25.8. The van der Waals surface area contributed by atoms with Gasteiger partial charge in [0, 0.05) is 36.0 Å². The van der Waals surface area contributed by atoms with Gasteiger partial charge in [0.15, 0.2) is 0 Å². The number of carbonyl (C=O) groups excluding carboxylic acids is 2. The molecule has 2 amide bonds. The molecule has 40 heavy (non-hydrogen) atoms. The summed E-state index contributed by atoms with van der Waals surface area (Å²) >= 11 is 1.42. The third-order valence-electron chi connectivity index (χ3n) is 8.87. The minimum Gasteiger partial charge on any atom is -0.349 e. The highest BCUT2D eigenvalue weighted by molar-refractivity contribution is 7.17. The van der Waals surface area contributed by atoms with Crippen LogP contribution in [0, 0.1) is 11.3 Å². The van der Waals surface area contributed by atoms with Crippen molar-refractivity contribution in [2.75, 3.05) is 10.6 Å². The first-order valence-electron chi connectivity index (χ1n) is 13.6. The number of nitrogens with one attached hydrogen (secondary N) is 3. The van der Waals surface area contributed by atoms with Crippen LogP contribution in [0.5, 0.6) is 0 Å². The summed E-state index contributed by atoms with van der Waals surface area (Å²) in [6, 6.07) is 1.34. The molecule has 4 aliphatic carbocycles. The van der Waals surface area contributed by atoms with Crippen molar-refractivity contribution in [1.82, 2.24) is 29.9 Å². The van der Waals surface area contributed by atoms with E-state index in [1.807, 2.05) is 4.57 Å². The van der Waals surface area contributed by atoms with Crippen molar-refractivity contribution in [2.24, 2.45) is 18.4 Å². The first-order valence-corrected chi connectivity index (χ1v) is 14.4. The molecule has 4 aliphatic rings. The summed E-state index contributed by atoms with van der Waals surface area (Å²) in [5, 5.41) is 21.8. The first-order chi connectivity index (χ1) is 19.2. The molecule has 3 saturated carbocycles. The molecule has 3 N–H and O–H groups in total. The maximum Gasteiger partial charge on any atom is 0.282 e. The molecule has 3 heterocycles. The largest absolute Gasteiger partial charge is 0.349 e. The maximum absolute atomic E-state index is 13.6. The maximum atomic E-state index is 13.6. The van der Waals surface area contributed by atoms with Crippen molar-refractivity contribution in [3.63, 3.8) is 0 Å². The fourth-order valence-electron chi connectivity index (χ4n) is 6.03. The summed E-state index contributed by atoms with van der Waals surface area (Å²) in [6.07, 6.45) is 3.57. The van der Waals surface area contributed by atoms with Crippen molar-refractivity contribution in [2.45, 2.75) is 76.0 Å². The number of halogens is 3. The number of aromatic nitrogens is 5. The minimum atomic E-state index is -2.69. The number of aryl methyl sites for hydroxylation is 2. The molecule has 0 aromatic carbocycles. The lowest BCUT2D eigenvalue weighted by Gasteiger charge is -2.28. The minimum absolute atomic E-state index is 0.105. The molecule has 10 nitrogen and oxygen atoms in total. The van der Waals surface area contributed by atoms with Gasteiger partial charge in [0.05, 0.1) is 5.56 Å². The summed E-state index contributed by atoms with van der Waals surface area (Å²) in [7, 11) is 1.57. The molecular weight excluding hydrogens is 545 g/mol. The van der Waals surface area contributed by atoms with E-state index >= 15 is 0 Å². The van der Waals surface area contributed by atoms with Gasteiger partial charge >= 0.3 is 0 Å². The number of alkyl halides is 3. The second-order valence-electron chi connectivity index (χ2n) is 11.5. The molecule has 2 atom stereocenters. The molecular formula is C26H29F3N8O2S. The Hall–Kier alpha value is -3.42. The average Bonchev–Trinajstić information content (AvgIpc) is 3.60. The zero-order valence-electron chi connectivity index (χ0n) is 21.8. The fraction of sp³-hybridized carbons (Fsp3) is 0.577. The van der Waals surface area contributed by atoms with Gasteiger partial charge in [-0.25, -0.2) is 13.2 Å². The number of hydrogen-bond acceptors (Lipinski definition) is 7. The van der Waals surface area contributed by atoms with E-state index in [9.17, 15) is 22.8 Å². The smallest absolute Gasteiger partial charge is 0.282 e. The lowest BCUT2D eigenvalue weighted by atomic mass is 9.83. The molecule has 3 fully saturated rings. The molecule has 7 rings (SSSR count). The van der Waals surface area contributed by atoms with E-state index in [0.717, 1.165) is 36.1 Å². The number of hydrogen-bond donors (Lipinski definition) is 3. The van der Waals surface area contributed by atoms with Crippen LogP contribution in [0.1, 0.15) is 77.5 Å². The SMILES string of the molecule is Cn1nc(C(F)F)cc1Nc1nncn1[C@H]1CCc2sc(NC(=O)[C@H]3C[C@H](F)C3)c(C(=O)N[C@H]3CC34CC4)c2C1. The standard InChI is InChI=1S/C26H29F3N8O2S/c1-36-19(9-16(35-36)21(28)29)32-25-34-30-11-37(25)14-2-3-17-15(8-14)20(23(39)31-18-10-26(18)4-5-26)24(40-17)33-22(38)12-6-13(27)7-12/h9,11-14,18,21H,2-8,10H2,1H3,(H,31,39)(H,32,34)(H,33,38)/t12-,13-,14-,18-/m0/s1. The van der Waals surface area contributed by atoms with Crippen molar-refractivity contribution >= 4 is 39.9 Å². The lowest BCUT2D eigenvalue weighted by Crippen LogP contribution is -2.36. The molecule has 0 saturated heterocycles. The Balaban J connectivity index is 1.15. The molecule has 212 valence electrons. The van der Waals surface area contributed by atoms with E-state index in [-0.39, 0.29) is 53.8 Å². The fourth-order valence-corrected chi connectivity index (χ4v) is 7.27. The van der Waals surface area contributed by atoms with Gasteiger partial charge in [0.2, 0.25) is 11.9 Å². The highest BCUT2D eigenvalue weighted by Gasteiger charge is 2.63. The van der Waals surface area contributed by atoms with Crippen molar-refractivity contribution in [3.05, 3.63) is 34.1 Å². The second-order valence-corrected chi connectivity index (χ2v) is 12.6. The molecule has 3 aromatic rings. The van der Waals surface area contributed by atoms with Crippen LogP contribution < -0.4 is 16.0 Å². The number of amides is 2. The van der Waals surface area contributed by atoms with Gasteiger partial charge in [-0.3, -0.25) is 18.8 Å². The number of carbonyl (C=O) groups is 2. The summed E-state index contributed by atoms with van der Waals surface area (Å²) in [4.78, 5) is 27.5. The Morgan fingerprint density at radius 3 is 2.73 bits per heavy atom. The molecule has 0 radical (unpaired) electrons. The number of rotatable bonds is 8. The van der Waals surface area contributed by atoms with Crippen LogP contribution in [-0.4, -0.2) is 48.6 Å².